The maximum Gasteiger partial charge on any atom is 0.226 e. The summed E-state index contributed by atoms with van der Waals surface area (Å²) in [5.74, 6) is 0.513. The summed E-state index contributed by atoms with van der Waals surface area (Å²) in [6.07, 6.45) is 5.35. The predicted octanol–water partition coefficient (Wildman–Crippen LogP) is 4.04. The van der Waals surface area contributed by atoms with Gasteiger partial charge in [-0.1, -0.05) is 30.5 Å². The molecule has 0 radical (unpaired) electrons. The molecule has 1 fully saturated rings. The smallest absolute Gasteiger partial charge is 0.226 e. The molecule has 0 aliphatic heterocycles. The minimum absolute atomic E-state index is 0.00684. The normalized spacial score (nSPS) is 15.1. The van der Waals surface area contributed by atoms with E-state index >= 15 is 0 Å². The van der Waals surface area contributed by atoms with Crippen LogP contribution >= 0.6 is 23.8 Å². The molecule has 1 amide bonds. The van der Waals surface area contributed by atoms with E-state index in [1.165, 1.54) is 12.8 Å². The van der Waals surface area contributed by atoms with Crippen LogP contribution < -0.4 is 10.6 Å². The number of aryl methyl sites for hydroxylation is 1. The fourth-order valence-corrected chi connectivity index (χ4v) is 2.90. The Kier molecular flexibility index (Phi) is 5.38. The number of rotatable bonds is 3. The summed E-state index contributed by atoms with van der Waals surface area (Å²) in [4.78, 5) is 11.9. The van der Waals surface area contributed by atoms with Gasteiger partial charge in [0.15, 0.2) is 5.11 Å². The van der Waals surface area contributed by atoms with E-state index in [0.717, 1.165) is 24.1 Å². The number of anilines is 1. The summed E-state index contributed by atoms with van der Waals surface area (Å²) in [6.45, 7) is 1.94. The van der Waals surface area contributed by atoms with Gasteiger partial charge in [-0.3, -0.25) is 4.79 Å². The van der Waals surface area contributed by atoms with Crippen molar-refractivity contribution in [3.63, 3.8) is 0 Å². The maximum absolute atomic E-state index is 11.9. The molecule has 0 unspecified atom stereocenters. The Labute approximate surface area is 130 Å². The predicted molar refractivity (Wildman–Crippen MR) is 87.1 cm³/mol. The van der Waals surface area contributed by atoms with Crippen molar-refractivity contribution in [2.45, 2.75) is 39.0 Å². The van der Waals surface area contributed by atoms with Crippen LogP contribution in [0.25, 0.3) is 0 Å². The average molecular weight is 311 g/mol. The van der Waals surface area contributed by atoms with Crippen LogP contribution in [0, 0.1) is 12.8 Å². The lowest BCUT2D eigenvalue weighted by Crippen LogP contribution is -2.34. The first-order valence-electron chi connectivity index (χ1n) is 6.91. The number of hydrogen-bond donors (Lipinski definition) is 2. The van der Waals surface area contributed by atoms with Crippen LogP contribution in [0.4, 0.5) is 5.69 Å². The molecular weight excluding hydrogens is 292 g/mol. The molecule has 1 aliphatic rings. The Morgan fingerprint density at radius 3 is 2.75 bits per heavy atom. The Morgan fingerprint density at radius 1 is 1.40 bits per heavy atom. The number of nitrogens with one attached hydrogen (secondary N) is 2. The van der Waals surface area contributed by atoms with Gasteiger partial charge in [0, 0.05) is 17.1 Å². The van der Waals surface area contributed by atoms with Crippen molar-refractivity contribution in [1.82, 2.24) is 5.32 Å². The third-order valence-electron chi connectivity index (χ3n) is 3.63. The van der Waals surface area contributed by atoms with E-state index in [1.54, 1.807) is 6.07 Å². The fraction of sp³-hybridized carbons (Fsp3) is 0.467. The van der Waals surface area contributed by atoms with Crippen molar-refractivity contribution in [2.24, 2.45) is 5.92 Å². The van der Waals surface area contributed by atoms with Gasteiger partial charge in [0.25, 0.3) is 0 Å². The molecule has 5 heteroatoms. The molecule has 0 aromatic heterocycles. The first kappa shape index (κ1) is 15.3. The Morgan fingerprint density at radius 2 is 2.10 bits per heavy atom. The van der Waals surface area contributed by atoms with Gasteiger partial charge in [-0.2, -0.15) is 0 Å². The molecule has 3 nitrogen and oxygen atoms in total. The highest BCUT2D eigenvalue weighted by molar-refractivity contribution is 7.80. The molecule has 0 atom stereocenters. The van der Waals surface area contributed by atoms with Crippen LogP contribution in [0.5, 0.6) is 0 Å². The second-order valence-electron chi connectivity index (χ2n) is 5.32. The van der Waals surface area contributed by atoms with Gasteiger partial charge in [0.05, 0.1) is 0 Å². The van der Waals surface area contributed by atoms with Crippen LogP contribution in [0.2, 0.25) is 5.02 Å². The van der Waals surface area contributed by atoms with Crippen LogP contribution in [0.15, 0.2) is 18.2 Å². The summed E-state index contributed by atoms with van der Waals surface area (Å²) < 4.78 is 0. The number of carbonyl (C=O) groups is 1. The molecule has 1 aliphatic carbocycles. The molecule has 2 N–H and O–H groups in total. The SMILES string of the molecule is Cc1ccc(NC(=S)NC(=O)CC2CCCC2)cc1Cl. The van der Waals surface area contributed by atoms with Crippen LogP contribution in [0.3, 0.4) is 0 Å². The van der Waals surface area contributed by atoms with Crippen molar-refractivity contribution < 1.29 is 4.79 Å². The zero-order valence-corrected chi connectivity index (χ0v) is 13.1. The number of carbonyl (C=O) groups excluding carboxylic acids is 1. The van der Waals surface area contributed by atoms with Crippen molar-refractivity contribution >= 4 is 40.5 Å². The first-order valence-corrected chi connectivity index (χ1v) is 7.70. The standard InChI is InChI=1S/C15H19ClN2OS/c1-10-6-7-12(9-13(10)16)17-15(20)18-14(19)8-11-4-2-3-5-11/h6-7,9,11H,2-5,8H2,1H3,(H2,17,18,19,20). The van der Waals surface area contributed by atoms with Crippen molar-refractivity contribution in [3.8, 4) is 0 Å². The minimum Gasteiger partial charge on any atom is -0.332 e. The topological polar surface area (TPSA) is 41.1 Å². The van der Waals surface area contributed by atoms with Crippen molar-refractivity contribution in [1.29, 1.82) is 0 Å². The highest BCUT2D eigenvalue weighted by Gasteiger charge is 2.18. The molecule has 0 saturated heterocycles. The first-order chi connectivity index (χ1) is 9.54. The number of halogens is 1. The van der Waals surface area contributed by atoms with Gasteiger partial charge in [0.1, 0.15) is 0 Å². The highest BCUT2D eigenvalue weighted by atomic mass is 35.5. The third-order valence-corrected chi connectivity index (χ3v) is 4.24. The van der Waals surface area contributed by atoms with Gasteiger partial charge >= 0.3 is 0 Å². The minimum atomic E-state index is -0.00684. The van der Waals surface area contributed by atoms with Crippen molar-refractivity contribution in [2.75, 3.05) is 5.32 Å². The average Bonchev–Trinajstić information content (AvgIpc) is 2.86. The second-order valence-corrected chi connectivity index (χ2v) is 6.14. The molecule has 0 spiro atoms. The lowest BCUT2D eigenvalue weighted by molar-refractivity contribution is -0.120. The zero-order chi connectivity index (χ0) is 14.5. The summed E-state index contributed by atoms with van der Waals surface area (Å²) >= 11 is 11.2. The number of hydrogen-bond acceptors (Lipinski definition) is 2. The van der Waals surface area contributed by atoms with E-state index in [9.17, 15) is 4.79 Å². The Balaban J connectivity index is 1.82. The highest BCUT2D eigenvalue weighted by Crippen LogP contribution is 2.27. The van der Waals surface area contributed by atoms with Crippen molar-refractivity contribution in [3.05, 3.63) is 28.8 Å². The van der Waals surface area contributed by atoms with E-state index < -0.39 is 0 Å². The van der Waals surface area contributed by atoms with Gasteiger partial charge in [0.2, 0.25) is 5.91 Å². The zero-order valence-electron chi connectivity index (χ0n) is 11.5. The molecule has 2 rings (SSSR count). The summed E-state index contributed by atoms with van der Waals surface area (Å²) in [5.41, 5.74) is 1.79. The lowest BCUT2D eigenvalue weighted by atomic mass is 10.0. The quantitative estimate of drug-likeness (QED) is 0.828. The van der Waals surface area contributed by atoms with E-state index in [2.05, 4.69) is 10.6 Å². The molecular formula is C15H19ClN2OS. The largest absolute Gasteiger partial charge is 0.332 e. The van der Waals surface area contributed by atoms with E-state index in [-0.39, 0.29) is 5.91 Å². The van der Waals surface area contributed by atoms with Crippen LogP contribution in [0.1, 0.15) is 37.7 Å². The van der Waals surface area contributed by atoms with Crippen LogP contribution in [-0.4, -0.2) is 11.0 Å². The summed E-state index contributed by atoms with van der Waals surface area (Å²) in [5, 5.41) is 6.71. The summed E-state index contributed by atoms with van der Waals surface area (Å²) in [6, 6.07) is 5.59. The monoisotopic (exact) mass is 310 g/mol. The lowest BCUT2D eigenvalue weighted by Gasteiger charge is -2.12. The third kappa shape index (κ3) is 4.46. The molecule has 0 bridgehead atoms. The van der Waals surface area contributed by atoms with Gasteiger partial charge in [-0.25, -0.2) is 0 Å². The number of amides is 1. The van der Waals surface area contributed by atoms with E-state index in [0.29, 0.717) is 22.5 Å². The summed E-state index contributed by atoms with van der Waals surface area (Å²) in [7, 11) is 0. The number of thiocarbonyl (C=S) groups is 1. The maximum atomic E-state index is 11.9. The van der Waals surface area contributed by atoms with Gasteiger partial charge < -0.3 is 10.6 Å². The van der Waals surface area contributed by atoms with E-state index in [1.807, 2.05) is 19.1 Å². The Hall–Kier alpha value is -1.13. The molecule has 0 heterocycles. The molecule has 108 valence electrons. The molecule has 20 heavy (non-hydrogen) atoms. The van der Waals surface area contributed by atoms with Gasteiger partial charge in [-0.15, -0.1) is 0 Å². The molecule has 1 aromatic carbocycles. The molecule has 1 aromatic rings. The van der Waals surface area contributed by atoms with Gasteiger partial charge in [-0.05, 0) is 55.6 Å². The van der Waals surface area contributed by atoms with E-state index in [4.69, 9.17) is 23.8 Å². The number of benzene rings is 1. The second kappa shape index (κ2) is 7.04. The Bertz CT molecular complexity index is 513. The fourth-order valence-electron chi connectivity index (χ4n) is 2.49. The molecule has 1 saturated carbocycles. The van der Waals surface area contributed by atoms with Crippen LogP contribution in [-0.2, 0) is 4.79 Å².